The largest absolute Gasteiger partial charge is 0.497 e. The van der Waals surface area contributed by atoms with Crippen LogP contribution in [0.3, 0.4) is 0 Å². The lowest BCUT2D eigenvalue weighted by Gasteiger charge is -2.16. The summed E-state index contributed by atoms with van der Waals surface area (Å²) in [5, 5.41) is 0.729. The molecule has 0 aliphatic carbocycles. The molecule has 2 amide bonds. The fourth-order valence-corrected chi connectivity index (χ4v) is 2.36. The monoisotopic (exact) mass is 412 g/mol. The van der Waals surface area contributed by atoms with E-state index in [9.17, 15) is 9.59 Å². The minimum atomic E-state index is -0.897. The van der Waals surface area contributed by atoms with Crippen molar-refractivity contribution in [3.8, 4) is 17.2 Å². The lowest BCUT2D eigenvalue weighted by molar-refractivity contribution is -0.133. The van der Waals surface area contributed by atoms with Gasteiger partial charge in [-0.2, -0.15) is 0 Å². The number of ether oxygens (including phenoxy) is 3. The lowest BCUT2D eigenvalue weighted by Crippen LogP contribution is -2.48. The Balaban J connectivity index is 1.75. The molecule has 0 fully saturated rings. The van der Waals surface area contributed by atoms with Crippen molar-refractivity contribution in [3.05, 3.63) is 52.5 Å². The van der Waals surface area contributed by atoms with Crippen LogP contribution in [0.25, 0.3) is 0 Å². The first-order valence-corrected chi connectivity index (χ1v) is 8.62. The number of halogens is 2. The normalized spacial score (nSPS) is 11.3. The molecule has 7 nitrogen and oxygen atoms in total. The zero-order valence-electron chi connectivity index (χ0n) is 14.6. The highest BCUT2D eigenvalue weighted by atomic mass is 35.5. The summed E-state index contributed by atoms with van der Waals surface area (Å²) in [6.07, 6.45) is -0.897. The van der Waals surface area contributed by atoms with Crippen LogP contribution in [-0.2, 0) is 9.59 Å². The molecular formula is C18H18Cl2N2O5. The molecule has 2 aromatic rings. The average molecular weight is 413 g/mol. The van der Waals surface area contributed by atoms with Gasteiger partial charge in [0, 0.05) is 5.02 Å². The minimum Gasteiger partial charge on any atom is -0.497 e. The zero-order chi connectivity index (χ0) is 19.8. The van der Waals surface area contributed by atoms with E-state index in [4.69, 9.17) is 37.4 Å². The molecule has 9 heteroatoms. The highest BCUT2D eigenvalue weighted by Crippen LogP contribution is 2.28. The first-order chi connectivity index (χ1) is 12.9. The van der Waals surface area contributed by atoms with Gasteiger partial charge >= 0.3 is 0 Å². The molecule has 0 saturated heterocycles. The van der Waals surface area contributed by atoms with E-state index < -0.39 is 17.9 Å². The molecule has 144 valence electrons. The van der Waals surface area contributed by atoms with E-state index in [1.165, 1.54) is 13.0 Å². The molecule has 0 aliphatic heterocycles. The van der Waals surface area contributed by atoms with E-state index in [-0.39, 0.29) is 11.6 Å². The molecule has 0 saturated carbocycles. The molecule has 0 radical (unpaired) electrons. The van der Waals surface area contributed by atoms with Crippen molar-refractivity contribution in [2.75, 3.05) is 13.7 Å². The second kappa shape index (κ2) is 9.89. The van der Waals surface area contributed by atoms with E-state index in [1.807, 2.05) is 0 Å². The molecule has 1 unspecified atom stereocenters. The topological polar surface area (TPSA) is 85.9 Å². The minimum absolute atomic E-state index is 0.273. The standard InChI is InChI=1S/C18H18Cl2N2O5/c1-11(27-16-8-3-12(19)9-15(16)20)18(24)22-21-17(23)10-26-14-6-4-13(25-2)5-7-14/h3-9,11H,10H2,1-2H3,(H,21,23)(H,22,24). The molecule has 2 N–H and O–H groups in total. The van der Waals surface area contributed by atoms with Gasteiger partial charge in [-0.05, 0) is 49.4 Å². The van der Waals surface area contributed by atoms with Crippen LogP contribution in [0, 0.1) is 0 Å². The molecule has 2 aromatic carbocycles. The van der Waals surface area contributed by atoms with Crippen molar-refractivity contribution in [2.24, 2.45) is 0 Å². The number of amides is 2. The number of methoxy groups -OCH3 is 1. The van der Waals surface area contributed by atoms with Crippen LogP contribution in [-0.4, -0.2) is 31.6 Å². The van der Waals surface area contributed by atoms with E-state index in [1.54, 1.807) is 43.5 Å². The van der Waals surface area contributed by atoms with E-state index in [2.05, 4.69) is 10.9 Å². The van der Waals surface area contributed by atoms with Gasteiger partial charge in [0.05, 0.1) is 12.1 Å². The molecule has 27 heavy (non-hydrogen) atoms. The first-order valence-electron chi connectivity index (χ1n) is 7.86. The van der Waals surface area contributed by atoms with Crippen molar-refractivity contribution < 1.29 is 23.8 Å². The van der Waals surface area contributed by atoms with Crippen molar-refractivity contribution >= 4 is 35.0 Å². The third kappa shape index (κ3) is 6.54. The lowest BCUT2D eigenvalue weighted by atomic mass is 10.3. The smallest absolute Gasteiger partial charge is 0.279 e. The van der Waals surface area contributed by atoms with Crippen LogP contribution in [0.4, 0.5) is 0 Å². The highest BCUT2D eigenvalue weighted by molar-refractivity contribution is 6.35. The second-order valence-corrected chi connectivity index (χ2v) is 6.18. The predicted octanol–water partition coefficient (Wildman–Crippen LogP) is 3.00. The quantitative estimate of drug-likeness (QED) is 0.682. The van der Waals surface area contributed by atoms with Gasteiger partial charge in [-0.3, -0.25) is 20.4 Å². The summed E-state index contributed by atoms with van der Waals surface area (Å²) in [5.41, 5.74) is 4.50. The third-order valence-electron chi connectivity index (χ3n) is 3.32. The van der Waals surface area contributed by atoms with Crippen molar-refractivity contribution in [1.82, 2.24) is 10.9 Å². The number of carbonyl (C=O) groups excluding carboxylic acids is 2. The van der Waals surface area contributed by atoms with Crippen LogP contribution in [0.2, 0.25) is 10.0 Å². The summed E-state index contributed by atoms with van der Waals surface area (Å²) >= 11 is 11.8. The SMILES string of the molecule is COc1ccc(OCC(=O)NNC(=O)C(C)Oc2ccc(Cl)cc2Cl)cc1. The third-order valence-corrected chi connectivity index (χ3v) is 3.85. The van der Waals surface area contributed by atoms with Gasteiger partial charge < -0.3 is 14.2 Å². The number of hydrogen-bond donors (Lipinski definition) is 2. The van der Waals surface area contributed by atoms with Gasteiger partial charge in [0.25, 0.3) is 11.8 Å². The van der Waals surface area contributed by atoms with Crippen molar-refractivity contribution in [3.63, 3.8) is 0 Å². The Kier molecular flexibility index (Phi) is 7.57. The Morgan fingerprint density at radius 2 is 1.70 bits per heavy atom. The maximum atomic E-state index is 12.0. The summed E-state index contributed by atoms with van der Waals surface area (Å²) < 4.78 is 15.8. The number of benzene rings is 2. The summed E-state index contributed by atoms with van der Waals surface area (Å²) in [6, 6.07) is 11.4. The Morgan fingerprint density at radius 3 is 2.33 bits per heavy atom. The molecule has 2 rings (SSSR count). The van der Waals surface area contributed by atoms with Gasteiger partial charge in [0.1, 0.15) is 17.2 Å². The van der Waals surface area contributed by atoms with Gasteiger partial charge in [0.2, 0.25) is 0 Å². The Hall–Kier alpha value is -2.64. The van der Waals surface area contributed by atoms with Crippen LogP contribution < -0.4 is 25.1 Å². The van der Waals surface area contributed by atoms with Crippen LogP contribution >= 0.6 is 23.2 Å². The van der Waals surface area contributed by atoms with Crippen molar-refractivity contribution in [2.45, 2.75) is 13.0 Å². The summed E-state index contributed by atoms with van der Waals surface area (Å²) in [7, 11) is 1.55. The fraction of sp³-hybridized carbons (Fsp3) is 0.222. The molecule has 0 spiro atoms. The Morgan fingerprint density at radius 1 is 1.04 bits per heavy atom. The van der Waals surface area contributed by atoms with Gasteiger partial charge in [-0.25, -0.2) is 0 Å². The van der Waals surface area contributed by atoms with E-state index >= 15 is 0 Å². The van der Waals surface area contributed by atoms with Crippen LogP contribution in [0.5, 0.6) is 17.2 Å². The zero-order valence-corrected chi connectivity index (χ0v) is 16.1. The maximum absolute atomic E-state index is 12.0. The number of rotatable bonds is 7. The second-order valence-electron chi connectivity index (χ2n) is 5.34. The number of hydrogen-bond acceptors (Lipinski definition) is 5. The van der Waals surface area contributed by atoms with Crippen LogP contribution in [0.1, 0.15) is 6.92 Å². The molecule has 0 aliphatic rings. The molecule has 0 bridgehead atoms. The predicted molar refractivity (Wildman–Crippen MR) is 101 cm³/mol. The van der Waals surface area contributed by atoms with E-state index in [0.29, 0.717) is 22.3 Å². The highest BCUT2D eigenvalue weighted by Gasteiger charge is 2.17. The summed E-state index contributed by atoms with van der Waals surface area (Å²) in [4.78, 5) is 23.8. The Bertz CT molecular complexity index is 799. The summed E-state index contributed by atoms with van der Waals surface area (Å²) in [6.45, 7) is 1.24. The number of carbonyl (C=O) groups is 2. The number of hydrazine groups is 1. The van der Waals surface area contributed by atoms with Crippen molar-refractivity contribution in [1.29, 1.82) is 0 Å². The first kappa shape index (κ1) is 20.7. The van der Waals surface area contributed by atoms with E-state index in [0.717, 1.165) is 0 Å². The number of nitrogens with one attached hydrogen (secondary N) is 2. The van der Waals surface area contributed by atoms with Crippen LogP contribution in [0.15, 0.2) is 42.5 Å². The average Bonchev–Trinajstić information content (AvgIpc) is 2.66. The fourth-order valence-electron chi connectivity index (χ4n) is 1.90. The Labute approximate surface area is 166 Å². The van der Waals surface area contributed by atoms with Gasteiger partial charge in [-0.1, -0.05) is 23.2 Å². The molecule has 0 heterocycles. The maximum Gasteiger partial charge on any atom is 0.279 e. The molecule has 1 atom stereocenters. The molecular weight excluding hydrogens is 395 g/mol. The molecule has 0 aromatic heterocycles. The van der Waals surface area contributed by atoms with Gasteiger partial charge in [0.15, 0.2) is 12.7 Å². The summed E-state index contributed by atoms with van der Waals surface area (Å²) in [5.74, 6) is 0.382. The van der Waals surface area contributed by atoms with Gasteiger partial charge in [-0.15, -0.1) is 0 Å².